The number of carbonyl (C=O) groups excluding carboxylic acids is 2. The van der Waals surface area contributed by atoms with Gasteiger partial charge >= 0.3 is 12.1 Å². The van der Waals surface area contributed by atoms with Crippen molar-refractivity contribution in [3.05, 3.63) is 63.7 Å². The summed E-state index contributed by atoms with van der Waals surface area (Å²) in [6, 6.07) is 4.15. The molecule has 0 aliphatic rings. The van der Waals surface area contributed by atoms with Gasteiger partial charge in [-0.2, -0.15) is 18.3 Å². The summed E-state index contributed by atoms with van der Waals surface area (Å²) in [5.74, 6) is -1.74. The van der Waals surface area contributed by atoms with E-state index >= 15 is 0 Å². The van der Waals surface area contributed by atoms with E-state index in [0.717, 1.165) is 6.07 Å². The summed E-state index contributed by atoms with van der Waals surface area (Å²) in [5.41, 5.74) is 0.0863. The minimum atomic E-state index is -4.74. The first-order valence-corrected chi connectivity index (χ1v) is 10.1. The van der Waals surface area contributed by atoms with Crippen molar-refractivity contribution in [1.82, 2.24) is 19.9 Å². The minimum absolute atomic E-state index is 0.0312. The lowest BCUT2D eigenvalue weighted by Crippen LogP contribution is -2.30. The maximum absolute atomic E-state index is 12.8. The van der Waals surface area contributed by atoms with Crippen LogP contribution in [0.2, 0.25) is 10.0 Å². The molecule has 4 rings (SSSR count). The van der Waals surface area contributed by atoms with Gasteiger partial charge in [-0.1, -0.05) is 23.2 Å². The maximum Gasteiger partial charge on any atom is 0.425 e. The Balaban J connectivity index is 1.60. The molecule has 0 bridgehead atoms. The fourth-order valence-electron chi connectivity index (χ4n) is 2.98. The van der Waals surface area contributed by atoms with E-state index in [2.05, 4.69) is 20.1 Å². The van der Waals surface area contributed by atoms with Crippen LogP contribution in [0, 0.1) is 0 Å². The normalized spacial score (nSPS) is 12.8. The van der Waals surface area contributed by atoms with Crippen LogP contribution in [0.3, 0.4) is 0 Å². The molecular formula is C20H13Cl2F3N4O4. The third-order valence-electron chi connectivity index (χ3n) is 4.66. The molecule has 4 aromatic rings. The number of fused-ring (bicyclic) bond motifs is 2. The molecule has 3 aromatic heterocycles. The zero-order chi connectivity index (χ0) is 23.9. The van der Waals surface area contributed by atoms with Crippen LogP contribution in [-0.4, -0.2) is 38.8 Å². The third-order valence-corrected chi connectivity index (χ3v) is 5.29. The summed E-state index contributed by atoms with van der Waals surface area (Å²) in [5, 5.41) is 6.87. The second-order valence-electron chi connectivity index (χ2n) is 6.89. The second-order valence-corrected chi connectivity index (χ2v) is 7.70. The van der Waals surface area contributed by atoms with Crippen LogP contribution in [0.5, 0.6) is 0 Å². The van der Waals surface area contributed by atoms with Crippen molar-refractivity contribution in [2.45, 2.75) is 25.7 Å². The Morgan fingerprint density at radius 3 is 2.76 bits per heavy atom. The quantitative estimate of drug-likeness (QED) is 0.394. The molecule has 0 radical (unpaired) electrons. The van der Waals surface area contributed by atoms with E-state index in [9.17, 15) is 22.8 Å². The number of furan rings is 1. The lowest BCUT2D eigenvalue weighted by Gasteiger charge is -2.16. The monoisotopic (exact) mass is 500 g/mol. The van der Waals surface area contributed by atoms with E-state index in [4.69, 9.17) is 27.6 Å². The van der Waals surface area contributed by atoms with E-state index in [1.54, 1.807) is 12.3 Å². The number of aromatic nitrogens is 3. The standard InChI is InChI=1S/C20H13Cl2F3N4O4/c1-9(20(23,24)25)32-19(31)12-6-10(21)5-11-15(22)14(33-16(11)12)8-27-18(30)13-7-28-29-4-2-3-26-17(13)29/h2-7,9H,8H2,1H3,(H,27,30)/t9-/m1/s1. The van der Waals surface area contributed by atoms with Crippen LogP contribution in [0.1, 0.15) is 33.4 Å². The predicted molar refractivity (Wildman–Crippen MR) is 111 cm³/mol. The van der Waals surface area contributed by atoms with Crippen LogP contribution in [-0.2, 0) is 11.3 Å². The van der Waals surface area contributed by atoms with Gasteiger partial charge in [0.05, 0.1) is 17.8 Å². The third kappa shape index (κ3) is 4.46. The topological polar surface area (TPSA) is 98.7 Å². The Kier molecular flexibility index (Phi) is 5.93. The number of benzene rings is 1. The molecule has 0 spiro atoms. The van der Waals surface area contributed by atoms with Gasteiger partial charge in [0.1, 0.15) is 16.9 Å². The first kappa shape index (κ1) is 22.9. The summed E-state index contributed by atoms with van der Waals surface area (Å²) in [4.78, 5) is 29.0. The van der Waals surface area contributed by atoms with Crippen molar-refractivity contribution in [3.8, 4) is 0 Å². The Bertz CT molecular complexity index is 1380. The Labute approximate surface area is 193 Å². The first-order valence-electron chi connectivity index (χ1n) is 9.31. The van der Waals surface area contributed by atoms with Crippen molar-refractivity contribution >= 4 is 51.7 Å². The van der Waals surface area contributed by atoms with Crippen molar-refractivity contribution in [1.29, 1.82) is 0 Å². The SMILES string of the molecule is C[C@@H](OC(=O)c1cc(Cl)cc2c(Cl)c(CNC(=O)c3cnn4cccnc34)oc12)C(F)(F)F. The number of amides is 1. The van der Waals surface area contributed by atoms with E-state index in [-0.39, 0.29) is 44.4 Å². The number of nitrogens with one attached hydrogen (secondary N) is 1. The number of esters is 1. The lowest BCUT2D eigenvalue weighted by atomic mass is 10.1. The molecule has 0 fully saturated rings. The maximum atomic E-state index is 12.8. The molecule has 1 amide bonds. The zero-order valence-electron chi connectivity index (χ0n) is 16.6. The van der Waals surface area contributed by atoms with Gasteiger partial charge in [0.15, 0.2) is 17.3 Å². The highest BCUT2D eigenvalue weighted by molar-refractivity contribution is 6.38. The Morgan fingerprint density at radius 1 is 1.27 bits per heavy atom. The summed E-state index contributed by atoms with van der Waals surface area (Å²) >= 11 is 12.3. The van der Waals surface area contributed by atoms with Crippen LogP contribution < -0.4 is 5.32 Å². The van der Waals surface area contributed by atoms with Crippen LogP contribution >= 0.6 is 23.2 Å². The van der Waals surface area contributed by atoms with Gasteiger partial charge in [-0.05, 0) is 25.1 Å². The van der Waals surface area contributed by atoms with Crippen LogP contribution in [0.25, 0.3) is 16.6 Å². The molecular weight excluding hydrogens is 488 g/mol. The van der Waals surface area contributed by atoms with Gasteiger partial charge in [0.25, 0.3) is 5.91 Å². The smallest absolute Gasteiger partial charge is 0.425 e. The summed E-state index contributed by atoms with van der Waals surface area (Å²) in [6.07, 6.45) is -2.61. The molecule has 1 aromatic carbocycles. The summed E-state index contributed by atoms with van der Waals surface area (Å²) < 4.78 is 49.9. The van der Waals surface area contributed by atoms with E-state index in [1.807, 2.05) is 0 Å². The summed E-state index contributed by atoms with van der Waals surface area (Å²) in [7, 11) is 0. The lowest BCUT2D eigenvalue weighted by molar-refractivity contribution is -0.198. The van der Waals surface area contributed by atoms with Crippen LogP contribution in [0.4, 0.5) is 13.2 Å². The number of ether oxygens (including phenoxy) is 1. The highest BCUT2D eigenvalue weighted by atomic mass is 35.5. The molecule has 172 valence electrons. The van der Waals surface area contributed by atoms with E-state index in [1.165, 1.54) is 23.0 Å². The average Bonchev–Trinajstić information content (AvgIpc) is 3.32. The van der Waals surface area contributed by atoms with Crippen molar-refractivity contribution in [2.24, 2.45) is 0 Å². The fourth-order valence-corrected chi connectivity index (χ4v) is 3.45. The number of rotatable bonds is 5. The van der Waals surface area contributed by atoms with Crippen molar-refractivity contribution in [3.63, 3.8) is 0 Å². The molecule has 1 atom stereocenters. The molecule has 13 heteroatoms. The molecule has 0 saturated heterocycles. The van der Waals surface area contributed by atoms with Gasteiger partial charge in [-0.25, -0.2) is 14.3 Å². The van der Waals surface area contributed by atoms with E-state index < -0.39 is 24.2 Å². The minimum Gasteiger partial charge on any atom is -0.457 e. The van der Waals surface area contributed by atoms with Gasteiger partial charge in [0, 0.05) is 22.8 Å². The van der Waals surface area contributed by atoms with Gasteiger partial charge in [-0.15, -0.1) is 0 Å². The number of hydrogen-bond donors (Lipinski definition) is 1. The number of halogens is 5. The molecule has 0 aliphatic carbocycles. The molecule has 33 heavy (non-hydrogen) atoms. The fraction of sp³-hybridized carbons (Fsp3) is 0.200. The average molecular weight is 501 g/mol. The molecule has 3 heterocycles. The largest absolute Gasteiger partial charge is 0.457 e. The first-order chi connectivity index (χ1) is 15.6. The predicted octanol–water partition coefficient (Wildman–Crippen LogP) is 4.82. The molecule has 0 unspecified atom stereocenters. The van der Waals surface area contributed by atoms with Crippen molar-refractivity contribution < 1.29 is 31.9 Å². The van der Waals surface area contributed by atoms with Gasteiger partial charge in [0.2, 0.25) is 0 Å². The highest BCUT2D eigenvalue weighted by Crippen LogP contribution is 2.36. The highest BCUT2D eigenvalue weighted by Gasteiger charge is 2.39. The molecule has 8 nitrogen and oxygen atoms in total. The number of nitrogens with zero attached hydrogens (tertiary/aromatic N) is 3. The molecule has 1 N–H and O–H groups in total. The van der Waals surface area contributed by atoms with Gasteiger partial charge < -0.3 is 14.5 Å². The second kappa shape index (κ2) is 8.56. The Morgan fingerprint density at radius 2 is 2.03 bits per heavy atom. The Hall–Kier alpha value is -3.31. The number of hydrogen-bond acceptors (Lipinski definition) is 6. The zero-order valence-corrected chi connectivity index (χ0v) is 18.1. The van der Waals surface area contributed by atoms with Crippen LogP contribution in [0.15, 0.2) is 41.2 Å². The molecule has 0 saturated carbocycles. The summed E-state index contributed by atoms with van der Waals surface area (Å²) in [6.45, 7) is 0.507. The van der Waals surface area contributed by atoms with Gasteiger partial charge in [-0.3, -0.25) is 4.79 Å². The van der Waals surface area contributed by atoms with E-state index in [0.29, 0.717) is 12.6 Å². The van der Waals surface area contributed by atoms with Crippen molar-refractivity contribution in [2.75, 3.05) is 0 Å². The number of alkyl halides is 3. The number of carbonyl (C=O) groups is 2. The molecule has 0 aliphatic heterocycles.